The van der Waals surface area contributed by atoms with Crippen LogP contribution in [0.15, 0.2) is 24.3 Å². The molecule has 1 heterocycles. The summed E-state index contributed by atoms with van der Waals surface area (Å²) in [7, 11) is 1.89. The third-order valence-corrected chi connectivity index (χ3v) is 4.54. The van der Waals surface area contributed by atoms with Gasteiger partial charge in [-0.15, -0.1) is 0 Å². The van der Waals surface area contributed by atoms with E-state index in [-0.39, 0.29) is 18.4 Å². The van der Waals surface area contributed by atoms with E-state index in [4.69, 9.17) is 11.6 Å². The lowest BCUT2D eigenvalue weighted by atomic mass is 10.0. The molecule has 1 aromatic carbocycles. The Labute approximate surface area is 147 Å². The van der Waals surface area contributed by atoms with E-state index < -0.39 is 6.10 Å². The number of carbonyl (C=O) groups is 1. The number of aromatic nitrogens is 2. The second-order valence-electron chi connectivity index (χ2n) is 6.01. The molecule has 0 unspecified atom stereocenters. The van der Waals surface area contributed by atoms with E-state index in [1.165, 1.54) is 0 Å². The van der Waals surface area contributed by atoms with E-state index in [1.54, 1.807) is 24.3 Å². The molecule has 0 aliphatic rings. The Morgan fingerprint density at radius 1 is 1.33 bits per heavy atom. The number of benzene rings is 1. The maximum atomic E-state index is 12.3. The van der Waals surface area contributed by atoms with Crippen LogP contribution in [0, 0.1) is 13.8 Å². The Balaban J connectivity index is 2.05. The molecule has 0 fully saturated rings. The van der Waals surface area contributed by atoms with Gasteiger partial charge in [0.2, 0.25) is 5.91 Å². The van der Waals surface area contributed by atoms with Crippen molar-refractivity contribution in [3.05, 3.63) is 51.8 Å². The van der Waals surface area contributed by atoms with Gasteiger partial charge in [0.1, 0.15) is 0 Å². The van der Waals surface area contributed by atoms with Gasteiger partial charge >= 0.3 is 0 Å². The number of aryl methyl sites for hydroxylation is 2. The van der Waals surface area contributed by atoms with Gasteiger partial charge in [0.25, 0.3) is 0 Å². The van der Waals surface area contributed by atoms with Crippen LogP contribution in [-0.4, -0.2) is 20.8 Å². The molecule has 0 radical (unpaired) electrons. The van der Waals surface area contributed by atoms with Crippen molar-refractivity contribution < 1.29 is 9.90 Å². The highest BCUT2D eigenvalue weighted by molar-refractivity contribution is 6.30. The number of nitrogens with zero attached hydrogens (tertiary/aromatic N) is 2. The first kappa shape index (κ1) is 18.5. The standard InChI is InChI=1S/C18H24ClN3O2/c1-5-15(18-11(2)21-22(4)12(18)3)20-17(24)10-16(23)13-6-8-14(19)9-7-13/h6-9,15-16,23H,5,10H2,1-4H3,(H,20,24)/t15-,16-/m0/s1. The predicted octanol–water partition coefficient (Wildman–Crippen LogP) is 3.38. The molecule has 6 heteroatoms. The highest BCUT2D eigenvalue weighted by Crippen LogP contribution is 2.25. The first-order chi connectivity index (χ1) is 11.3. The van der Waals surface area contributed by atoms with Gasteiger partial charge < -0.3 is 10.4 Å². The van der Waals surface area contributed by atoms with E-state index in [9.17, 15) is 9.90 Å². The lowest BCUT2D eigenvalue weighted by Gasteiger charge is -2.19. The summed E-state index contributed by atoms with van der Waals surface area (Å²) in [5.41, 5.74) is 3.68. The van der Waals surface area contributed by atoms with Crippen LogP contribution in [-0.2, 0) is 11.8 Å². The van der Waals surface area contributed by atoms with E-state index in [0.29, 0.717) is 10.6 Å². The zero-order valence-corrected chi connectivity index (χ0v) is 15.3. The molecule has 2 atom stereocenters. The molecule has 0 aliphatic carbocycles. The largest absolute Gasteiger partial charge is 0.388 e. The van der Waals surface area contributed by atoms with Gasteiger partial charge in [-0.1, -0.05) is 30.7 Å². The number of hydrogen-bond donors (Lipinski definition) is 2. The molecular formula is C18H24ClN3O2. The molecule has 0 spiro atoms. The van der Waals surface area contributed by atoms with Crippen LogP contribution in [0.4, 0.5) is 0 Å². The molecule has 5 nitrogen and oxygen atoms in total. The van der Waals surface area contributed by atoms with E-state index in [1.807, 2.05) is 32.5 Å². The van der Waals surface area contributed by atoms with Crippen molar-refractivity contribution in [1.29, 1.82) is 0 Å². The normalized spacial score (nSPS) is 13.6. The average molecular weight is 350 g/mol. The van der Waals surface area contributed by atoms with Crippen molar-refractivity contribution in [3.8, 4) is 0 Å². The average Bonchev–Trinajstić information content (AvgIpc) is 2.78. The van der Waals surface area contributed by atoms with Crippen molar-refractivity contribution in [2.75, 3.05) is 0 Å². The molecule has 2 N–H and O–H groups in total. The van der Waals surface area contributed by atoms with Gasteiger partial charge in [0.15, 0.2) is 0 Å². The summed E-state index contributed by atoms with van der Waals surface area (Å²) in [4.78, 5) is 12.3. The van der Waals surface area contributed by atoms with Gasteiger partial charge in [-0.05, 0) is 38.0 Å². The quantitative estimate of drug-likeness (QED) is 0.840. The molecule has 24 heavy (non-hydrogen) atoms. The monoisotopic (exact) mass is 349 g/mol. The Hall–Kier alpha value is -1.85. The minimum atomic E-state index is -0.851. The summed E-state index contributed by atoms with van der Waals surface area (Å²) < 4.78 is 1.82. The zero-order chi connectivity index (χ0) is 17.9. The smallest absolute Gasteiger partial charge is 0.223 e. The number of aliphatic hydroxyl groups excluding tert-OH is 1. The maximum Gasteiger partial charge on any atom is 0.223 e. The van der Waals surface area contributed by atoms with Crippen LogP contribution in [0.25, 0.3) is 0 Å². The van der Waals surface area contributed by atoms with Crippen molar-refractivity contribution in [2.24, 2.45) is 7.05 Å². The second-order valence-corrected chi connectivity index (χ2v) is 6.44. The molecule has 0 saturated heterocycles. The number of halogens is 1. The van der Waals surface area contributed by atoms with Gasteiger partial charge in [0, 0.05) is 23.3 Å². The third-order valence-electron chi connectivity index (χ3n) is 4.29. The Morgan fingerprint density at radius 3 is 2.46 bits per heavy atom. The van der Waals surface area contributed by atoms with Gasteiger partial charge in [-0.3, -0.25) is 9.48 Å². The fourth-order valence-corrected chi connectivity index (χ4v) is 3.03. The molecule has 130 valence electrons. The van der Waals surface area contributed by atoms with Gasteiger partial charge in [-0.2, -0.15) is 5.10 Å². The highest BCUT2D eigenvalue weighted by atomic mass is 35.5. The Bertz CT molecular complexity index is 710. The number of aliphatic hydroxyl groups is 1. The number of nitrogens with one attached hydrogen (secondary N) is 1. The van der Waals surface area contributed by atoms with Gasteiger partial charge in [-0.25, -0.2) is 0 Å². The number of rotatable bonds is 6. The van der Waals surface area contributed by atoms with E-state index in [0.717, 1.165) is 23.4 Å². The minimum Gasteiger partial charge on any atom is -0.388 e. The summed E-state index contributed by atoms with van der Waals surface area (Å²) in [6.07, 6.45) is -0.0806. The summed E-state index contributed by atoms with van der Waals surface area (Å²) in [5.74, 6) is -0.188. The van der Waals surface area contributed by atoms with E-state index in [2.05, 4.69) is 10.4 Å². The first-order valence-corrected chi connectivity index (χ1v) is 8.44. The summed E-state index contributed by atoms with van der Waals surface area (Å²) in [6.45, 7) is 5.96. The molecular weight excluding hydrogens is 326 g/mol. The van der Waals surface area contributed by atoms with E-state index >= 15 is 0 Å². The number of carbonyl (C=O) groups excluding carboxylic acids is 1. The fourth-order valence-electron chi connectivity index (χ4n) is 2.90. The SMILES string of the molecule is CC[C@H](NC(=O)C[C@H](O)c1ccc(Cl)cc1)c1c(C)nn(C)c1C. The Morgan fingerprint density at radius 2 is 1.96 bits per heavy atom. The third kappa shape index (κ3) is 4.16. The van der Waals surface area contributed by atoms with Crippen LogP contribution in [0.2, 0.25) is 5.02 Å². The summed E-state index contributed by atoms with van der Waals surface area (Å²) in [6, 6.07) is 6.76. The van der Waals surface area contributed by atoms with Crippen molar-refractivity contribution in [3.63, 3.8) is 0 Å². The molecule has 1 amide bonds. The first-order valence-electron chi connectivity index (χ1n) is 8.06. The van der Waals surface area contributed by atoms with Crippen LogP contribution in [0.5, 0.6) is 0 Å². The predicted molar refractivity (Wildman–Crippen MR) is 94.9 cm³/mol. The molecule has 0 saturated carbocycles. The molecule has 2 rings (SSSR count). The van der Waals surface area contributed by atoms with Crippen molar-refractivity contribution in [1.82, 2.24) is 15.1 Å². The molecule has 0 bridgehead atoms. The zero-order valence-electron chi connectivity index (χ0n) is 14.5. The molecule has 2 aromatic rings. The molecule has 1 aromatic heterocycles. The van der Waals surface area contributed by atoms with Crippen LogP contribution in [0.1, 0.15) is 54.4 Å². The van der Waals surface area contributed by atoms with Crippen LogP contribution < -0.4 is 5.32 Å². The van der Waals surface area contributed by atoms with Crippen LogP contribution in [0.3, 0.4) is 0 Å². The topological polar surface area (TPSA) is 67.2 Å². The van der Waals surface area contributed by atoms with Crippen molar-refractivity contribution in [2.45, 2.75) is 45.8 Å². The number of amides is 1. The lowest BCUT2D eigenvalue weighted by molar-refractivity contribution is -0.123. The summed E-state index contributed by atoms with van der Waals surface area (Å²) >= 11 is 5.84. The highest BCUT2D eigenvalue weighted by Gasteiger charge is 2.22. The molecule has 0 aliphatic heterocycles. The van der Waals surface area contributed by atoms with Gasteiger partial charge in [0.05, 0.1) is 24.3 Å². The minimum absolute atomic E-state index is 0.0104. The number of hydrogen-bond acceptors (Lipinski definition) is 3. The lowest BCUT2D eigenvalue weighted by Crippen LogP contribution is -2.30. The Kier molecular flexibility index (Phi) is 6.02. The fraction of sp³-hybridized carbons (Fsp3) is 0.444. The maximum absolute atomic E-state index is 12.3. The summed E-state index contributed by atoms with van der Waals surface area (Å²) in [5, 5.41) is 18.3. The second kappa shape index (κ2) is 7.81. The van der Waals surface area contributed by atoms with Crippen LogP contribution >= 0.6 is 11.6 Å². The van der Waals surface area contributed by atoms with Crippen molar-refractivity contribution >= 4 is 17.5 Å².